The van der Waals surface area contributed by atoms with Crippen molar-refractivity contribution in [1.29, 1.82) is 0 Å². The van der Waals surface area contributed by atoms with Crippen LogP contribution in [0.3, 0.4) is 0 Å². The first-order valence-corrected chi connectivity index (χ1v) is 11.9. The molecule has 1 aromatic heterocycles. The first-order chi connectivity index (χ1) is 16.3. The zero-order chi connectivity index (χ0) is 22.5. The van der Waals surface area contributed by atoms with Gasteiger partial charge in [0.15, 0.2) is 0 Å². The van der Waals surface area contributed by atoms with E-state index in [1.807, 2.05) is 12.1 Å². The van der Waals surface area contributed by atoms with Crippen molar-refractivity contribution in [2.24, 2.45) is 5.92 Å². The molecular weight excluding hydrogens is 414 g/mol. The standard InChI is InChI=1S/C25H31N7O/c33-25(26-13-3-14-31-15-10-19-4-1-2-5-22(19)18-31)21-11-16-32(17-12-21)23-8-6-20(7-9-23)24-27-29-30-28-24/h1-2,4-9,21H,3,10-18H2,(H,26,33)(H,27,28,29,30). The van der Waals surface area contributed by atoms with Crippen LogP contribution in [0.25, 0.3) is 11.4 Å². The quantitative estimate of drug-likeness (QED) is 0.544. The summed E-state index contributed by atoms with van der Waals surface area (Å²) in [6.07, 6.45) is 3.91. The number of H-pyrrole nitrogens is 1. The summed E-state index contributed by atoms with van der Waals surface area (Å²) in [6, 6.07) is 16.9. The highest BCUT2D eigenvalue weighted by Gasteiger charge is 2.25. The van der Waals surface area contributed by atoms with Crippen molar-refractivity contribution in [1.82, 2.24) is 30.8 Å². The molecule has 8 heteroatoms. The summed E-state index contributed by atoms with van der Waals surface area (Å²) in [4.78, 5) is 17.5. The van der Waals surface area contributed by atoms with Gasteiger partial charge >= 0.3 is 0 Å². The summed E-state index contributed by atoms with van der Waals surface area (Å²) in [5.74, 6) is 0.926. The van der Waals surface area contributed by atoms with Gasteiger partial charge in [-0.25, -0.2) is 0 Å². The lowest BCUT2D eigenvalue weighted by Gasteiger charge is -2.33. The molecule has 0 bridgehead atoms. The number of fused-ring (bicyclic) bond motifs is 1. The largest absolute Gasteiger partial charge is 0.371 e. The van der Waals surface area contributed by atoms with Crippen LogP contribution in [0.5, 0.6) is 0 Å². The number of hydrogen-bond acceptors (Lipinski definition) is 6. The average molecular weight is 446 g/mol. The Kier molecular flexibility index (Phi) is 6.62. The summed E-state index contributed by atoms with van der Waals surface area (Å²) < 4.78 is 0. The van der Waals surface area contributed by atoms with Crippen LogP contribution in [0.15, 0.2) is 48.5 Å². The lowest BCUT2D eigenvalue weighted by Crippen LogP contribution is -2.41. The van der Waals surface area contributed by atoms with Crippen LogP contribution >= 0.6 is 0 Å². The lowest BCUT2D eigenvalue weighted by molar-refractivity contribution is -0.125. The Hall–Kier alpha value is -3.26. The van der Waals surface area contributed by atoms with Gasteiger partial charge in [-0.1, -0.05) is 24.3 Å². The molecule has 33 heavy (non-hydrogen) atoms. The van der Waals surface area contributed by atoms with Gasteiger partial charge in [-0.05, 0) is 66.3 Å². The van der Waals surface area contributed by atoms with E-state index in [2.05, 4.69) is 72.1 Å². The van der Waals surface area contributed by atoms with Crippen molar-refractivity contribution in [2.45, 2.75) is 32.2 Å². The predicted molar refractivity (Wildman–Crippen MR) is 128 cm³/mol. The molecule has 2 aromatic carbocycles. The highest BCUT2D eigenvalue weighted by molar-refractivity contribution is 5.79. The van der Waals surface area contributed by atoms with Crippen molar-refractivity contribution in [3.63, 3.8) is 0 Å². The van der Waals surface area contributed by atoms with E-state index in [0.29, 0.717) is 5.82 Å². The van der Waals surface area contributed by atoms with E-state index in [1.54, 1.807) is 0 Å². The minimum absolute atomic E-state index is 0.113. The van der Waals surface area contributed by atoms with Gasteiger partial charge in [0, 0.05) is 56.4 Å². The van der Waals surface area contributed by atoms with E-state index < -0.39 is 0 Å². The maximum absolute atomic E-state index is 12.7. The Labute approximate surface area is 194 Å². The van der Waals surface area contributed by atoms with E-state index in [4.69, 9.17) is 0 Å². The molecule has 1 amide bonds. The van der Waals surface area contributed by atoms with Crippen LogP contribution < -0.4 is 10.2 Å². The van der Waals surface area contributed by atoms with Crippen LogP contribution in [-0.4, -0.2) is 64.2 Å². The topological polar surface area (TPSA) is 90.0 Å². The molecule has 1 fully saturated rings. The summed E-state index contributed by atoms with van der Waals surface area (Å²) in [6.45, 7) is 5.72. The number of aromatic amines is 1. The molecule has 172 valence electrons. The molecule has 0 radical (unpaired) electrons. The van der Waals surface area contributed by atoms with Gasteiger partial charge in [0.25, 0.3) is 0 Å². The fourth-order valence-corrected chi connectivity index (χ4v) is 4.91. The number of carbonyl (C=O) groups is 1. The number of piperidine rings is 1. The smallest absolute Gasteiger partial charge is 0.223 e. The van der Waals surface area contributed by atoms with Crippen LogP contribution in [0.2, 0.25) is 0 Å². The molecule has 2 aliphatic rings. The van der Waals surface area contributed by atoms with Crippen molar-refractivity contribution < 1.29 is 4.79 Å². The molecule has 2 N–H and O–H groups in total. The zero-order valence-corrected chi connectivity index (χ0v) is 18.9. The second-order valence-electron chi connectivity index (χ2n) is 8.98. The predicted octanol–water partition coefficient (Wildman–Crippen LogP) is 2.65. The Morgan fingerprint density at radius 1 is 1.03 bits per heavy atom. The number of nitrogens with zero attached hydrogens (tertiary/aromatic N) is 5. The zero-order valence-electron chi connectivity index (χ0n) is 18.9. The van der Waals surface area contributed by atoms with E-state index in [1.165, 1.54) is 16.8 Å². The van der Waals surface area contributed by atoms with Gasteiger partial charge < -0.3 is 10.2 Å². The van der Waals surface area contributed by atoms with Crippen LogP contribution in [0, 0.1) is 5.92 Å². The molecule has 1 saturated heterocycles. The number of tetrazole rings is 1. The molecule has 8 nitrogen and oxygen atoms in total. The van der Waals surface area contributed by atoms with Crippen molar-refractivity contribution >= 4 is 11.6 Å². The van der Waals surface area contributed by atoms with Crippen LogP contribution in [0.1, 0.15) is 30.4 Å². The third-order valence-electron chi connectivity index (χ3n) is 6.86. The van der Waals surface area contributed by atoms with Gasteiger partial charge in [0.1, 0.15) is 0 Å². The van der Waals surface area contributed by atoms with Crippen molar-refractivity contribution in [3.8, 4) is 11.4 Å². The minimum Gasteiger partial charge on any atom is -0.371 e. The summed E-state index contributed by atoms with van der Waals surface area (Å²) in [5.41, 5.74) is 5.04. The number of benzene rings is 2. The van der Waals surface area contributed by atoms with Gasteiger partial charge in [-0.2, -0.15) is 5.21 Å². The molecule has 0 atom stereocenters. The molecule has 2 aliphatic heterocycles. The fraction of sp³-hybridized carbons (Fsp3) is 0.440. The number of amides is 1. The van der Waals surface area contributed by atoms with Crippen LogP contribution in [-0.2, 0) is 17.8 Å². The van der Waals surface area contributed by atoms with E-state index in [0.717, 1.165) is 70.5 Å². The van der Waals surface area contributed by atoms with Crippen LogP contribution in [0.4, 0.5) is 5.69 Å². The summed E-state index contributed by atoms with van der Waals surface area (Å²) in [5, 5.41) is 17.3. The van der Waals surface area contributed by atoms with Gasteiger partial charge in [-0.15, -0.1) is 10.2 Å². The second kappa shape index (κ2) is 10.1. The van der Waals surface area contributed by atoms with Gasteiger partial charge in [-0.3, -0.25) is 9.69 Å². The molecule has 3 heterocycles. The molecule has 0 saturated carbocycles. The van der Waals surface area contributed by atoms with E-state index in [9.17, 15) is 4.79 Å². The Balaban J connectivity index is 1.02. The second-order valence-corrected chi connectivity index (χ2v) is 8.98. The van der Waals surface area contributed by atoms with Crippen molar-refractivity contribution in [2.75, 3.05) is 37.6 Å². The highest BCUT2D eigenvalue weighted by Crippen LogP contribution is 2.25. The number of carbonyl (C=O) groups excluding carboxylic acids is 1. The Morgan fingerprint density at radius 3 is 2.58 bits per heavy atom. The number of anilines is 1. The number of aromatic nitrogens is 4. The maximum Gasteiger partial charge on any atom is 0.223 e. The first kappa shape index (κ1) is 21.6. The van der Waals surface area contributed by atoms with E-state index >= 15 is 0 Å². The Morgan fingerprint density at radius 2 is 1.82 bits per heavy atom. The summed E-state index contributed by atoms with van der Waals surface area (Å²) >= 11 is 0. The molecule has 0 unspecified atom stereocenters. The normalized spacial score (nSPS) is 17.0. The molecule has 0 spiro atoms. The number of nitrogens with one attached hydrogen (secondary N) is 2. The fourth-order valence-electron chi connectivity index (χ4n) is 4.91. The maximum atomic E-state index is 12.7. The molecule has 3 aromatic rings. The molecule has 0 aliphatic carbocycles. The highest BCUT2D eigenvalue weighted by atomic mass is 16.1. The minimum atomic E-state index is 0.113. The Bertz CT molecular complexity index is 1040. The van der Waals surface area contributed by atoms with Crippen molar-refractivity contribution in [3.05, 3.63) is 59.7 Å². The lowest BCUT2D eigenvalue weighted by atomic mass is 9.95. The van der Waals surface area contributed by atoms with Gasteiger partial charge in [0.05, 0.1) is 0 Å². The number of hydrogen-bond donors (Lipinski definition) is 2. The monoisotopic (exact) mass is 445 g/mol. The first-order valence-electron chi connectivity index (χ1n) is 11.9. The third-order valence-corrected chi connectivity index (χ3v) is 6.86. The molecular formula is C25H31N7O. The SMILES string of the molecule is O=C(NCCCN1CCc2ccccc2C1)C1CCN(c2ccc(-c3nn[nH]n3)cc2)CC1. The molecule has 5 rings (SSSR count). The van der Waals surface area contributed by atoms with E-state index in [-0.39, 0.29) is 11.8 Å². The van der Waals surface area contributed by atoms with Gasteiger partial charge in [0.2, 0.25) is 11.7 Å². The number of rotatable bonds is 7. The summed E-state index contributed by atoms with van der Waals surface area (Å²) in [7, 11) is 0. The average Bonchev–Trinajstić information content (AvgIpc) is 3.42. The third kappa shape index (κ3) is 5.22.